The lowest BCUT2D eigenvalue weighted by Crippen LogP contribution is -2.27. The van der Waals surface area contributed by atoms with Crippen molar-refractivity contribution in [3.05, 3.63) is 123 Å². The number of halogens is 2. The molecule has 1 aliphatic rings. The number of esters is 1. The lowest BCUT2D eigenvalue weighted by atomic mass is 9.96. The van der Waals surface area contributed by atoms with Crippen molar-refractivity contribution >= 4 is 51.0 Å². The van der Waals surface area contributed by atoms with Crippen LogP contribution < -0.4 is 9.47 Å². The van der Waals surface area contributed by atoms with Gasteiger partial charge in [-0.05, 0) is 90.5 Å². The summed E-state index contributed by atoms with van der Waals surface area (Å²) in [5.74, 6) is 1.39. The number of aryl methyl sites for hydroxylation is 3. The maximum absolute atomic E-state index is 14.5. The van der Waals surface area contributed by atoms with E-state index in [0.29, 0.717) is 87.8 Å². The zero-order chi connectivity index (χ0) is 44.9. The van der Waals surface area contributed by atoms with Crippen LogP contribution >= 0.6 is 23.4 Å². The third-order valence-corrected chi connectivity index (χ3v) is 13.0. The van der Waals surface area contributed by atoms with Gasteiger partial charge in [0, 0.05) is 83.4 Å². The van der Waals surface area contributed by atoms with Crippen LogP contribution in [0.4, 0.5) is 4.39 Å². The van der Waals surface area contributed by atoms with Crippen LogP contribution in [-0.2, 0) is 66.4 Å². The molecule has 0 aliphatic carbocycles. The Morgan fingerprint density at radius 2 is 1.83 bits per heavy atom. The maximum atomic E-state index is 14.5. The number of rotatable bonds is 19. The van der Waals surface area contributed by atoms with Crippen molar-refractivity contribution in [1.82, 2.24) is 29.0 Å². The zero-order valence-electron chi connectivity index (χ0n) is 36.7. The number of carbonyl (C=O) groups excluding carboxylic acids is 1. The van der Waals surface area contributed by atoms with Crippen molar-refractivity contribution in [3.8, 4) is 22.6 Å². The van der Waals surface area contributed by atoms with Gasteiger partial charge in [0.2, 0.25) is 0 Å². The van der Waals surface area contributed by atoms with E-state index >= 15 is 0 Å². The summed E-state index contributed by atoms with van der Waals surface area (Å²) in [7, 11) is 6.52. The summed E-state index contributed by atoms with van der Waals surface area (Å²) in [4.78, 5) is 16.9. The van der Waals surface area contributed by atoms with Crippen molar-refractivity contribution < 1.29 is 38.0 Å². The van der Waals surface area contributed by atoms with Crippen LogP contribution in [0.3, 0.4) is 0 Å². The number of fused-ring (bicyclic) bond motifs is 3. The number of aliphatic hydroxyl groups excluding tert-OH is 1. The molecule has 0 saturated carbocycles. The largest absolute Gasteiger partial charge is 0.497 e. The van der Waals surface area contributed by atoms with Gasteiger partial charge in [0.05, 0.1) is 76.6 Å². The van der Waals surface area contributed by atoms with Crippen LogP contribution in [-0.4, -0.2) is 87.8 Å². The minimum absolute atomic E-state index is 0.110. The first-order valence-corrected chi connectivity index (χ1v) is 22.5. The molecule has 8 rings (SSSR count). The number of ether oxygens (including phenoxy) is 5. The topological polar surface area (TPSA) is 127 Å². The van der Waals surface area contributed by atoms with E-state index < -0.39 is 5.97 Å². The Hall–Kier alpha value is -5.42. The van der Waals surface area contributed by atoms with Crippen molar-refractivity contribution in [2.75, 3.05) is 47.7 Å². The number of methoxy groups -OCH3 is 3. The molecule has 1 N–H and O–H groups in total. The quantitative estimate of drug-likeness (QED) is 0.0476. The summed E-state index contributed by atoms with van der Waals surface area (Å²) in [6.07, 6.45) is 0.541. The molecular weight excluding hydrogens is 859 g/mol. The highest BCUT2D eigenvalue weighted by atomic mass is 35.5. The van der Waals surface area contributed by atoms with E-state index in [4.69, 9.17) is 40.4 Å². The Morgan fingerprint density at radius 3 is 2.58 bits per heavy atom. The molecule has 13 nitrogen and oxygen atoms in total. The maximum Gasteiger partial charge on any atom is 0.354 e. The Bertz CT molecular complexity index is 2790. The predicted molar refractivity (Wildman–Crippen MR) is 246 cm³/mol. The summed E-state index contributed by atoms with van der Waals surface area (Å²) in [5.41, 5.74) is 7.99. The molecule has 0 spiro atoms. The van der Waals surface area contributed by atoms with Gasteiger partial charge in [-0.15, -0.1) is 11.8 Å². The lowest BCUT2D eigenvalue weighted by Gasteiger charge is -2.21. The minimum Gasteiger partial charge on any atom is -0.497 e. The summed E-state index contributed by atoms with van der Waals surface area (Å²) in [6, 6.07) is 22.4. The third-order valence-electron chi connectivity index (χ3n) is 11.6. The van der Waals surface area contributed by atoms with Crippen LogP contribution in [0.15, 0.2) is 77.7 Å². The first kappa shape index (κ1) is 45.2. The second-order valence-corrected chi connectivity index (χ2v) is 17.2. The average molecular weight is 911 g/mol. The monoisotopic (exact) mass is 910 g/mol. The molecule has 0 saturated heterocycles. The number of hydrogen-bond acceptors (Lipinski definition) is 11. The van der Waals surface area contributed by atoms with Crippen LogP contribution in [0.1, 0.15) is 50.8 Å². The minimum atomic E-state index is -0.463. The molecule has 0 amide bonds. The molecule has 0 radical (unpaired) electrons. The van der Waals surface area contributed by atoms with Gasteiger partial charge in [-0.1, -0.05) is 23.7 Å². The Labute approximate surface area is 380 Å². The van der Waals surface area contributed by atoms with Gasteiger partial charge in [-0.2, -0.15) is 10.2 Å². The standard InChI is InChI=1S/C48H52ClFN6O7S/c1-30-44-41(14-13-39(49)45(44)46-40(52-56-17-20-62-28-42(46)56)26-54(16-19-59-3)25-34-23-35(27-57)53(2)51-34)55(47(30)48(58)61-5)15-6-18-63-43-24-37(22-32-21-33(50)9-12-38(32)43)64-29-31-7-10-36(60-4)11-8-31/h7-14,21-24,57H,6,15-20,25-29H2,1-5H3. The van der Waals surface area contributed by atoms with Gasteiger partial charge in [0.15, 0.2) is 0 Å². The fourth-order valence-electron chi connectivity index (χ4n) is 8.50. The SMILES string of the molecule is COCCN(Cc1cc(CO)n(C)n1)Cc1nn2c(c1-c1c(Cl)ccc3c1c(C)c(C(=O)OC)n3CCCOc1cc(SCc3ccc(OC)cc3)cc3cc(F)ccc13)COCC2. The highest BCUT2D eigenvalue weighted by Gasteiger charge is 2.30. The summed E-state index contributed by atoms with van der Waals surface area (Å²) >= 11 is 8.90. The highest BCUT2D eigenvalue weighted by molar-refractivity contribution is 7.98. The summed E-state index contributed by atoms with van der Waals surface area (Å²) < 4.78 is 48.9. The van der Waals surface area contributed by atoms with Crippen molar-refractivity contribution in [2.24, 2.45) is 7.05 Å². The number of carbonyl (C=O) groups is 1. The third kappa shape index (κ3) is 9.51. The van der Waals surface area contributed by atoms with E-state index in [1.165, 1.54) is 19.2 Å². The number of thioether (sulfide) groups is 1. The molecule has 16 heteroatoms. The number of aliphatic hydroxyl groups is 1. The number of nitrogens with zero attached hydrogens (tertiary/aromatic N) is 6. The molecule has 1 aliphatic heterocycles. The second-order valence-electron chi connectivity index (χ2n) is 15.7. The number of hydrogen-bond donors (Lipinski definition) is 1. The first-order valence-electron chi connectivity index (χ1n) is 21.1. The van der Waals surface area contributed by atoms with Gasteiger partial charge in [0.25, 0.3) is 0 Å². The smallest absolute Gasteiger partial charge is 0.354 e. The van der Waals surface area contributed by atoms with Crippen LogP contribution in [0.25, 0.3) is 32.8 Å². The Kier molecular flexibility index (Phi) is 14.2. The molecule has 7 aromatic rings. The number of benzene rings is 4. The molecule has 0 bridgehead atoms. The normalized spacial score (nSPS) is 12.7. The van der Waals surface area contributed by atoms with E-state index in [2.05, 4.69) is 10.00 Å². The van der Waals surface area contributed by atoms with Crippen LogP contribution in [0, 0.1) is 12.7 Å². The fraction of sp³-hybridized carbons (Fsp3) is 0.354. The first-order chi connectivity index (χ1) is 31.1. The van der Waals surface area contributed by atoms with Crippen LogP contribution in [0.2, 0.25) is 5.02 Å². The summed E-state index contributed by atoms with van der Waals surface area (Å²) in [6.45, 7) is 6.05. The predicted octanol–water partition coefficient (Wildman–Crippen LogP) is 8.72. The molecule has 4 aromatic carbocycles. The lowest BCUT2D eigenvalue weighted by molar-refractivity contribution is 0.0587. The van der Waals surface area contributed by atoms with Crippen LogP contribution in [0.5, 0.6) is 11.5 Å². The van der Waals surface area contributed by atoms with E-state index in [0.717, 1.165) is 77.3 Å². The van der Waals surface area contributed by atoms with Crippen molar-refractivity contribution in [1.29, 1.82) is 0 Å². The highest BCUT2D eigenvalue weighted by Crippen LogP contribution is 2.44. The van der Waals surface area contributed by atoms with Crippen molar-refractivity contribution in [3.63, 3.8) is 0 Å². The van der Waals surface area contributed by atoms with E-state index in [1.54, 1.807) is 36.7 Å². The van der Waals surface area contributed by atoms with Gasteiger partial charge in [0.1, 0.15) is 23.0 Å². The Morgan fingerprint density at radius 1 is 1.00 bits per heavy atom. The fourth-order valence-corrected chi connectivity index (χ4v) is 9.68. The molecule has 64 heavy (non-hydrogen) atoms. The molecule has 3 aromatic heterocycles. The van der Waals surface area contributed by atoms with Gasteiger partial charge in [-0.3, -0.25) is 14.3 Å². The second kappa shape index (κ2) is 20.2. The molecule has 0 unspecified atom stereocenters. The molecule has 0 fully saturated rings. The van der Waals surface area contributed by atoms with Gasteiger partial charge >= 0.3 is 5.97 Å². The van der Waals surface area contributed by atoms with Gasteiger partial charge < -0.3 is 33.4 Å². The van der Waals surface area contributed by atoms with E-state index in [1.807, 2.05) is 77.8 Å². The molecular formula is C48H52ClFN6O7S. The summed E-state index contributed by atoms with van der Waals surface area (Å²) in [5, 5.41) is 22.5. The van der Waals surface area contributed by atoms with Crippen molar-refractivity contribution in [2.45, 2.75) is 63.4 Å². The average Bonchev–Trinajstić information content (AvgIpc) is 3.94. The zero-order valence-corrected chi connectivity index (χ0v) is 38.2. The van der Waals surface area contributed by atoms with E-state index in [9.17, 15) is 14.3 Å². The molecule has 336 valence electrons. The van der Waals surface area contributed by atoms with E-state index in [-0.39, 0.29) is 12.4 Å². The molecule has 0 atom stereocenters. The Balaban J connectivity index is 1.11. The van der Waals surface area contributed by atoms with Gasteiger partial charge in [-0.25, -0.2) is 9.18 Å². The number of aromatic nitrogens is 5. The molecule has 4 heterocycles.